The maximum atomic E-state index is 6.11. The number of thiocarbonyl (C=S) groups is 1. The molecule has 0 aliphatic carbocycles. The third-order valence-electron chi connectivity index (χ3n) is 2.24. The van der Waals surface area contributed by atoms with Gasteiger partial charge in [0.1, 0.15) is 0 Å². The Labute approximate surface area is 137 Å². The number of halogens is 3. The van der Waals surface area contributed by atoms with Crippen molar-refractivity contribution in [3.05, 3.63) is 26.7 Å². The molecule has 106 valence electrons. The van der Waals surface area contributed by atoms with Crippen LogP contribution in [0.2, 0.25) is 10.0 Å². The van der Waals surface area contributed by atoms with Crippen LogP contribution in [-0.4, -0.2) is 24.9 Å². The Morgan fingerprint density at radius 1 is 1.37 bits per heavy atom. The first-order chi connectivity index (χ1) is 9.06. The summed E-state index contributed by atoms with van der Waals surface area (Å²) < 4.78 is 5.98. The summed E-state index contributed by atoms with van der Waals surface area (Å²) in [5.41, 5.74) is 0.678. The van der Waals surface area contributed by atoms with E-state index in [1.807, 2.05) is 19.1 Å². The molecule has 1 rings (SSSR count). The molecule has 0 radical (unpaired) electrons. The zero-order valence-corrected chi connectivity index (χ0v) is 14.3. The third-order valence-corrected chi connectivity index (χ3v) is 4.26. The number of hydrogen-bond donors (Lipinski definition) is 2. The van der Waals surface area contributed by atoms with Gasteiger partial charge in [-0.15, -0.1) is 0 Å². The van der Waals surface area contributed by atoms with Gasteiger partial charge >= 0.3 is 0 Å². The highest BCUT2D eigenvalue weighted by Crippen LogP contribution is 2.35. The molecular weight excluding hydrogens is 371 g/mol. The zero-order chi connectivity index (χ0) is 14.3. The van der Waals surface area contributed by atoms with E-state index in [0.717, 1.165) is 30.7 Å². The molecule has 1 aromatic rings. The van der Waals surface area contributed by atoms with Crippen molar-refractivity contribution in [3.8, 4) is 0 Å². The van der Waals surface area contributed by atoms with E-state index in [9.17, 15) is 0 Å². The molecule has 0 aliphatic heterocycles. The van der Waals surface area contributed by atoms with Crippen LogP contribution in [0, 0.1) is 0 Å². The van der Waals surface area contributed by atoms with Crippen molar-refractivity contribution in [1.82, 2.24) is 5.32 Å². The molecule has 0 atom stereocenters. The second-order valence-corrected chi connectivity index (χ2v) is 5.67. The average molecular weight is 386 g/mol. The first-order valence-electron chi connectivity index (χ1n) is 5.82. The molecule has 0 spiro atoms. The fraction of sp³-hybridized carbons (Fsp3) is 0.417. The lowest BCUT2D eigenvalue weighted by Crippen LogP contribution is -2.29. The molecule has 19 heavy (non-hydrogen) atoms. The first kappa shape index (κ1) is 17.0. The monoisotopic (exact) mass is 384 g/mol. The average Bonchev–Trinajstić information content (AvgIpc) is 2.39. The van der Waals surface area contributed by atoms with Crippen LogP contribution in [0.5, 0.6) is 0 Å². The first-order valence-corrected chi connectivity index (χ1v) is 7.78. The number of hydrogen-bond acceptors (Lipinski definition) is 2. The van der Waals surface area contributed by atoms with Crippen LogP contribution >= 0.6 is 51.3 Å². The van der Waals surface area contributed by atoms with Gasteiger partial charge in [-0.2, -0.15) is 0 Å². The molecule has 0 fully saturated rings. The minimum absolute atomic E-state index is 0.439. The largest absolute Gasteiger partial charge is 0.382 e. The predicted molar refractivity (Wildman–Crippen MR) is 89.5 cm³/mol. The van der Waals surface area contributed by atoms with Gasteiger partial charge in [0.2, 0.25) is 0 Å². The van der Waals surface area contributed by atoms with Crippen LogP contribution in [0.4, 0.5) is 5.69 Å². The van der Waals surface area contributed by atoms with Crippen LogP contribution in [0.3, 0.4) is 0 Å². The van der Waals surface area contributed by atoms with Gasteiger partial charge in [0.25, 0.3) is 0 Å². The Morgan fingerprint density at radius 2 is 2.11 bits per heavy atom. The van der Waals surface area contributed by atoms with Crippen molar-refractivity contribution in [2.75, 3.05) is 25.1 Å². The molecule has 0 aliphatic rings. The summed E-state index contributed by atoms with van der Waals surface area (Å²) in [6.45, 7) is 4.17. The van der Waals surface area contributed by atoms with E-state index in [1.54, 1.807) is 0 Å². The molecule has 1 aromatic carbocycles. The molecule has 0 heterocycles. The molecule has 0 aromatic heterocycles. The van der Waals surface area contributed by atoms with Gasteiger partial charge in [0, 0.05) is 24.2 Å². The number of anilines is 1. The normalized spacial score (nSPS) is 10.3. The lowest BCUT2D eigenvalue weighted by atomic mass is 10.3. The van der Waals surface area contributed by atoms with E-state index in [0.29, 0.717) is 20.8 Å². The molecule has 0 amide bonds. The Bertz CT molecular complexity index is 446. The topological polar surface area (TPSA) is 33.3 Å². The van der Waals surface area contributed by atoms with E-state index in [4.69, 9.17) is 40.2 Å². The summed E-state index contributed by atoms with van der Waals surface area (Å²) >= 11 is 20.6. The fourth-order valence-electron chi connectivity index (χ4n) is 1.31. The van der Waals surface area contributed by atoms with Crippen LogP contribution in [0.1, 0.15) is 13.3 Å². The number of nitrogens with one attached hydrogen (secondary N) is 2. The summed E-state index contributed by atoms with van der Waals surface area (Å²) in [5, 5.41) is 7.50. The van der Waals surface area contributed by atoms with Crippen molar-refractivity contribution in [2.45, 2.75) is 13.3 Å². The Morgan fingerprint density at radius 3 is 2.79 bits per heavy atom. The number of benzene rings is 1. The summed E-state index contributed by atoms with van der Waals surface area (Å²) in [5.74, 6) is 0. The molecule has 7 heteroatoms. The second kappa shape index (κ2) is 8.97. The highest BCUT2D eigenvalue weighted by molar-refractivity contribution is 9.10. The van der Waals surface area contributed by atoms with E-state index in [-0.39, 0.29) is 0 Å². The molecule has 0 saturated carbocycles. The van der Waals surface area contributed by atoms with Gasteiger partial charge in [-0.05, 0) is 53.6 Å². The van der Waals surface area contributed by atoms with Gasteiger partial charge in [-0.3, -0.25) is 0 Å². The Kier molecular flexibility index (Phi) is 8.02. The Hall–Kier alpha value is -0.0700. The van der Waals surface area contributed by atoms with E-state index < -0.39 is 0 Å². The summed E-state index contributed by atoms with van der Waals surface area (Å²) in [7, 11) is 0. The Balaban J connectivity index is 2.42. The van der Waals surface area contributed by atoms with Gasteiger partial charge in [-0.1, -0.05) is 23.2 Å². The van der Waals surface area contributed by atoms with E-state index >= 15 is 0 Å². The van der Waals surface area contributed by atoms with Crippen LogP contribution in [-0.2, 0) is 4.74 Å². The minimum Gasteiger partial charge on any atom is -0.382 e. The minimum atomic E-state index is 0.439. The molecule has 0 unspecified atom stereocenters. The van der Waals surface area contributed by atoms with Crippen LogP contribution in [0.15, 0.2) is 16.6 Å². The van der Waals surface area contributed by atoms with Crippen molar-refractivity contribution >= 4 is 62.1 Å². The van der Waals surface area contributed by atoms with Crippen molar-refractivity contribution in [3.63, 3.8) is 0 Å². The predicted octanol–water partition coefficient (Wildman–Crippen LogP) is 4.47. The SMILES string of the molecule is CCOCCCNC(=S)Nc1ccc(Br)c(Cl)c1Cl. The van der Waals surface area contributed by atoms with Crippen LogP contribution in [0.25, 0.3) is 0 Å². The molecule has 0 bridgehead atoms. The number of rotatable bonds is 6. The maximum Gasteiger partial charge on any atom is 0.170 e. The van der Waals surface area contributed by atoms with E-state index in [2.05, 4.69) is 26.6 Å². The smallest absolute Gasteiger partial charge is 0.170 e. The molecule has 3 nitrogen and oxygen atoms in total. The maximum absolute atomic E-state index is 6.11. The van der Waals surface area contributed by atoms with Gasteiger partial charge < -0.3 is 15.4 Å². The highest BCUT2D eigenvalue weighted by atomic mass is 79.9. The van der Waals surface area contributed by atoms with E-state index in [1.165, 1.54) is 0 Å². The van der Waals surface area contributed by atoms with Gasteiger partial charge in [0.05, 0.1) is 15.7 Å². The highest BCUT2D eigenvalue weighted by Gasteiger charge is 2.09. The lowest BCUT2D eigenvalue weighted by Gasteiger charge is -2.12. The third kappa shape index (κ3) is 5.83. The van der Waals surface area contributed by atoms with Crippen molar-refractivity contribution < 1.29 is 4.74 Å². The molecule has 0 saturated heterocycles. The van der Waals surface area contributed by atoms with Crippen molar-refractivity contribution in [2.24, 2.45) is 0 Å². The lowest BCUT2D eigenvalue weighted by molar-refractivity contribution is 0.146. The summed E-state index contributed by atoms with van der Waals surface area (Å²) in [6.07, 6.45) is 0.893. The van der Waals surface area contributed by atoms with Gasteiger partial charge in [0.15, 0.2) is 5.11 Å². The van der Waals surface area contributed by atoms with Crippen LogP contribution < -0.4 is 10.6 Å². The number of ether oxygens (including phenoxy) is 1. The second-order valence-electron chi connectivity index (χ2n) is 3.65. The summed E-state index contributed by atoms with van der Waals surface area (Å²) in [4.78, 5) is 0. The fourth-order valence-corrected chi connectivity index (χ4v) is 2.34. The molecule has 2 N–H and O–H groups in total. The standard InChI is InChI=1S/C12H15BrCl2N2OS/c1-2-18-7-3-6-16-12(19)17-9-5-4-8(13)10(14)11(9)15/h4-5H,2-3,6-7H2,1H3,(H2,16,17,19). The molecular formula is C12H15BrCl2N2OS. The zero-order valence-electron chi connectivity index (χ0n) is 10.4. The van der Waals surface area contributed by atoms with Gasteiger partial charge in [-0.25, -0.2) is 0 Å². The summed E-state index contributed by atoms with van der Waals surface area (Å²) in [6, 6.07) is 3.63. The quantitative estimate of drug-likeness (QED) is 0.430. The van der Waals surface area contributed by atoms with Crippen molar-refractivity contribution in [1.29, 1.82) is 0 Å².